The number of amides is 1. The summed E-state index contributed by atoms with van der Waals surface area (Å²) in [6.45, 7) is 1.35. The van der Waals surface area contributed by atoms with E-state index in [0.717, 1.165) is 22.9 Å². The maximum Gasteiger partial charge on any atom is 0.230 e. The number of thioether (sulfide) groups is 1. The zero-order chi connectivity index (χ0) is 18.9. The number of nitrogens with one attached hydrogen (secondary N) is 1. The lowest BCUT2D eigenvalue weighted by atomic mass is 10.1. The molecule has 0 bridgehead atoms. The van der Waals surface area contributed by atoms with Crippen LogP contribution in [-0.2, 0) is 17.8 Å². The van der Waals surface area contributed by atoms with Crippen LogP contribution in [0.4, 0.5) is 0 Å². The molecular formula is C21H23N3O2S. The first kappa shape index (κ1) is 19.0. The second-order valence-corrected chi connectivity index (χ2v) is 7.00. The molecule has 0 aliphatic carbocycles. The molecule has 0 saturated heterocycles. The average Bonchev–Trinajstić information content (AvgIpc) is 3.15. The predicted molar refractivity (Wildman–Crippen MR) is 108 cm³/mol. The van der Waals surface area contributed by atoms with Gasteiger partial charge in [-0.15, -0.1) is 0 Å². The Hall–Kier alpha value is -2.73. The lowest BCUT2D eigenvalue weighted by Crippen LogP contribution is -2.27. The Morgan fingerprint density at radius 1 is 1.11 bits per heavy atom. The van der Waals surface area contributed by atoms with Crippen molar-refractivity contribution in [3.8, 4) is 5.75 Å². The molecule has 140 valence electrons. The molecule has 0 unspecified atom stereocenters. The maximum absolute atomic E-state index is 12.1. The topological polar surface area (TPSA) is 56.2 Å². The zero-order valence-corrected chi connectivity index (χ0v) is 16.1. The summed E-state index contributed by atoms with van der Waals surface area (Å²) in [5.41, 5.74) is 2.38. The Labute approximate surface area is 163 Å². The highest BCUT2D eigenvalue weighted by molar-refractivity contribution is 7.99. The van der Waals surface area contributed by atoms with Crippen molar-refractivity contribution in [1.29, 1.82) is 0 Å². The van der Waals surface area contributed by atoms with Crippen molar-refractivity contribution in [1.82, 2.24) is 14.9 Å². The molecule has 0 atom stereocenters. The lowest BCUT2D eigenvalue weighted by molar-refractivity contribution is -0.118. The van der Waals surface area contributed by atoms with Gasteiger partial charge >= 0.3 is 0 Å². The molecule has 0 aliphatic heterocycles. The van der Waals surface area contributed by atoms with Gasteiger partial charge < -0.3 is 14.6 Å². The number of rotatable bonds is 9. The monoisotopic (exact) mass is 381 g/mol. The van der Waals surface area contributed by atoms with E-state index in [1.165, 1.54) is 17.3 Å². The fourth-order valence-corrected chi connectivity index (χ4v) is 3.44. The van der Waals surface area contributed by atoms with Gasteiger partial charge in [-0.1, -0.05) is 54.2 Å². The SMILES string of the molecule is COc1ccc(Cn2ccnc2SCC(=O)NCCc2ccccc2)cc1. The number of nitrogens with zero attached hydrogens (tertiary/aromatic N) is 2. The summed E-state index contributed by atoms with van der Waals surface area (Å²) >= 11 is 1.45. The summed E-state index contributed by atoms with van der Waals surface area (Å²) in [7, 11) is 1.66. The van der Waals surface area contributed by atoms with Gasteiger partial charge in [0.15, 0.2) is 5.16 Å². The second-order valence-electron chi connectivity index (χ2n) is 6.06. The first-order chi connectivity index (χ1) is 13.2. The molecule has 1 N–H and O–H groups in total. The molecule has 1 heterocycles. The van der Waals surface area contributed by atoms with Gasteiger partial charge in [-0.25, -0.2) is 4.98 Å². The van der Waals surface area contributed by atoms with Crippen LogP contribution in [0.15, 0.2) is 72.1 Å². The Kier molecular flexibility index (Phi) is 6.93. The first-order valence-corrected chi connectivity index (χ1v) is 9.80. The van der Waals surface area contributed by atoms with Crippen LogP contribution in [0.3, 0.4) is 0 Å². The molecule has 0 saturated carbocycles. The average molecular weight is 382 g/mol. The molecule has 5 nitrogen and oxygen atoms in total. The van der Waals surface area contributed by atoms with Crippen molar-refractivity contribution in [2.24, 2.45) is 0 Å². The molecule has 1 aromatic heterocycles. The summed E-state index contributed by atoms with van der Waals surface area (Å²) in [4.78, 5) is 16.5. The number of imidazole rings is 1. The Morgan fingerprint density at radius 3 is 2.63 bits per heavy atom. The van der Waals surface area contributed by atoms with E-state index in [1.807, 2.05) is 53.2 Å². The normalized spacial score (nSPS) is 10.6. The van der Waals surface area contributed by atoms with Gasteiger partial charge in [-0.05, 0) is 29.7 Å². The van der Waals surface area contributed by atoms with E-state index >= 15 is 0 Å². The standard InChI is InChI=1S/C21H23N3O2S/c1-26-19-9-7-18(8-10-19)15-24-14-13-23-21(24)27-16-20(25)22-12-11-17-5-3-2-4-6-17/h2-10,13-14H,11-12,15-16H2,1H3,(H,22,25). The van der Waals surface area contributed by atoms with E-state index in [2.05, 4.69) is 22.4 Å². The number of carbonyl (C=O) groups is 1. The molecule has 0 spiro atoms. The van der Waals surface area contributed by atoms with Crippen molar-refractivity contribution in [3.05, 3.63) is 78.1 Å². The summed E-state index contributed by atoms with van der Waals surface area (Å²) in [6.07, 6.45) is 4.53. The van der Waals surface area contributed by atoms with Gasteiger partial charge in [-0.2, -0.15) is 0 Å². The van der Waals surface area contributed by atoms with E-state index in [9.17, 15) is 4.79 Å². The van der Waals surface area contributed by atoms with Crippen molar-refractivity contribution < 1.29 is 9.53 Å². The molecule has 0 aliphatic rings. The van der Waals surface area contributed by atoms with E-state index in [1.54, 1.807) is 13.3 Å². The van der Waals surface area contributed by atoms with Gasteiger partial charge in [0.25, 0.3) is 0 Å². The fourth-order valence-electron chi connectivity index (χ4n) is 2.66. The summed E-state index contributed by atoms with van der Waals surface area (Å²) in [6, 6.07) is 18.1. The molecule has 0 fully saturated rings. The van der Waals surface area contributed by atoms with Gasteiger partial charge in [0.05, 0.1) is 12.9 Å². The highest BCUT2D eigenvalue weighted by Crippen LogP contribution is 2.18. The van der Waals surface area contributed by atoms with Crippen LogP contribution < -0.4 is 10.1 Å². The van der Waals surface area contributed by atoms with Crippen LogP contribution in [0.1, 0.15) is 11.1 Å². The van der Waals surface area contributed by atoms with Crippen LogP contribution in [0.2, 0.25) is 0 Å². The van der Waals surface area contributed by atoms with Crippen molar-refractivity contribution in [3.63, 3.8) is 0 Å². The third-order valence-corrected chi connectivity index (χ3v) is 5.10. The third kappa shape index (κ3) is 5.89. The van der Waals surface area contributed by atoms with Crippen LogP contribution >= 0.6 is 11.8 Å². The third-order valence-electron chi connectivity index (χ3n) is 4.10. The highest BCUT2D eigenvalue weighted by atomic mass is 32.2. The molecule has 3 rings (SSSR count). The minimum absolute atomic E-state index is 0.0231. The van der Waals surface area contributed by atoms with Crippen LogP contribution in [0.5, 0.6) is 5.75 Å². The fraction of sp³-hybridized carbons (Fsp3) is 0.238. The largest absolute Gasteiger partial charge is 0.497 e. The molecule has 2 aromatic carbocycles. The Morgan fingerprint density at radius 2 is 1.89 bits per heavy atom. The van der Waals surface area contributed by atoms with E-state index in [0.29, 0.717) is 18.8 Å². The molecular weight excluding hydrogens is 358 g/mol. The van der Waals surface area contributed by atoms with Gasteiger partial charge in [-0.3, -0.25) is 4.79 Å². The number of carbonyl (C=O) groups excluding carboxylic acids is 1. The molecule has 6 heteroatoms. The zero-order valence-electron chi connectivity index (χ0n) is 15.3. The number of aromatic nitrogens is 2. The van der Waals surface area contributed by atoms with Crippen molar-refractivity contribution in [2.45, 2.75) is 18.1 Å². The minimum Gasteiger partial charge on any atom is -0.497 e. The highest BCUT2D eigenvalue weighted by Gasteiger charge is 2.08. The summed E-state index contributed by atoms with van der Waals surface area (Å²) in [5, 5.41) is 3.80. The minimum atomic E-state index is 0.0231. The van der Waals surface area contributed by atoms with E-state index in [-0.39, 0.29) is 5.91 Å². The number of methoxy groups -OCH3 is 1. The number of hydrogen-bond donors (Lipinski definition) is 1. The Bertz CT molecular complexity index is 847. The van der Waals surface area contributed by atoms with Crippen LogP contribution in [-0.4, -0.2) is 34.9 Å². The maximum atomic E-state index is 12.1. The molecule has 1 amide bonds. The predicted octanol–water partition coefficient (Wildman–Crippen LogP) is 3.39. The smallest absolute Gasteiger partial charge is 0.230 e. The first-order valence-electron chi connectivity index (χ1n) is 8.82. The van der Waals surface area contributed by atoms with E-state index in [4.69, 9.17) is 4.74 Å². The van der Waals surface area contributed by atoms with Crippen LogP contribution in [0.25, 0.3) is 0 Å². The van der Waals surface area contributed by atoms with Crippen molar-refractivity contribution in [2.75, 3.05) is 19.4 Å². The van der Waals surface area contributed by atoms with Gasteiger partial charge in [0, 0.05) is 25.5 Å². The molecule has 0 radical (unpaired) electrons. The summed E-state index contributed by atoms with van der Waals surface area (Å²) < 4.78 is 7.23. The Balaban J connectivity index is 1.45. The van der Waals surface area contributed by atoms with E-state index < -0.39 is 0 Å². The van der Waals surface area contributed by atoms with Crippen molar-refractivity contribution >= 4 is 17.7 Å². The molecule has 3 aromatic rings. The number of ether oxygens (including phenoxy) is 1. The quantitative estimate of drug-likeness (QED) is 0.577. The summed E-state index contributed by atoms with van der Waals surface area (Å²) in [5.74, 6) is 1.22. The number of hydrogen-bond acceptors (Lipinski definition) is 4. The van der Waals surface area contributed by atoms with Crippen LogP contribution in [0, 0.1) is 0 Å². The number of benzene rings is 2. The molecule has 27 heavy (non-hydrogen) atoms. The van der Waals surface area contributed by atoms with Gasteiger partial charge in [0.2, 0.25) is 5.91 Å². The lowest BCUT2D eigenvalue weighted by Gasteiger charge is -2.09. The second kappa shape index (κ2) is 9.83. The van der Waals surface area contributed by atoms with Gasteiger partial charge in [0.1, 0.15) is 5.75 Å².